The number of halogens is 1. The molecule has 1 aliphatic heterocycles. The number of anilines is 1. The Hall–Kier alpha value is -2.86. The number of aromatic nitrogens is 2. The Balaban J connectivity index is 1.53. The molecule has 180 valence electrons. The Bertz CT molecular complexity index is 1330. The molecule has 1 N–H and O–H groups in total. The van der Waals surface area contributed by atoms with Crippen molar-refractivity contribution in [1.29, 1.82) is 0 Å². The van der Waals surface area contributed by atoms with Crippen molar-refractivity contribution in [1.82, 2.24) is 14.5 Å². The van der Waals surface area contributed by atoms with Crippen molar-refractivity contribution in [3.05, 3.63) is 71.4 Å². The van der Waals surface area contributed by atoms with Gasteiger partial charge in [-0.2, -0.15) is 0 Å². The maximum absolute atomic E-state index is 9.57. The number of benzene rings is 2. The lowest BCUT2D eigenvalue weighted by atomic mass is 9.91. The number of hydrogen-bond donors (Lipinski definition) is 1. The highest BCUT2D eigenvalue weighted by Crippen LogP contribution is 2.48. The molecule has 2 fully saturated rings. The molecule has 2 aromatic carbocycles. The third-order valence-corrected chi connectivity index (χ3v) is 8.03. The van der Waals surface area contributed by atoms with Crippen molar-refractivity contribution in [3.8, 4) is 22.4 Å². The van der Waals surface area contributed by atoms with Gasteiger partial charge in [-0.05, 0) is 61.2 Å². The molecular weight excluding hydrogens is 456 g/mol. The highest BCUT2D eigenvalue weighted by molar-refractivity contribution is 6.37. The molecule has 6 heteroatoms. The summed E-state index contributed by atoms with van der Waals surface area (Å²) in [7, 11) is 2.19. The summed E-state index contributed by atoms with van der Waals surface area (Å²) >= 11 is 6.84. The molecule has 0 unspecified atom stereocenters. The van der Waals surface area contributed by atoms with Gasteiger partial charge in [0.2, 0.25) is 0 Å². The number of aliphatic hydroxyl groups excluding tert-OH is 1. The third-order valence-electron chi connectivity index (χ3n) is 7.71. The van der Waals surface area contributed by atoms with E-state index in [1.807, 2.05) is 24.4 Å². The largest absolute Gasteiger partial charge is 0.392 e. The van der Waals surface area contributed by atoms with Crippen LogP contribution in [-0.2, 0) is 6.61 Å². The van der Waals surface area contributed by atoms with E-state index in [1.54, 1.807) is 0 Å². The maximum Gasteiger partial charge on any atom is 0.142 e. The predicted molar refractivity (Wildman–Crippen MR) is 144 cm³/mol. The van der Waals surface area contributed by atoms with Crippen LogP contribution in [0.15, 0.2) is 60.8 Å². The highest BCUT2D eigenvalue weighted by atomic mass is 35.5. The number of nitrogens with zero attached hydrogens (tertiary/aromatic N) is 4. The van der Waals surface area contributed by atoms with Crippen LogP contribution in [-0.4, -0.2) is 52.8 Å². The monoisotopic (exact) mass is 486 g/mol. The zero-order valence-electron chi connectivity index (χ0n) is 20.1. The lowest BCUT2D eigenvalue weighted by Gasteiger charge is -2.34. The van der Waals surface area contributed by atoms with Crippen LogP contribution in [0.25, 0.3) is 33.4 Å². The Morgan fingerprint density at radius 3 is 2.23 bits per heavy atom. The van der Waals surface area contributed by atoms with E-state index in [2.05, 4.69) is 57.8 Å². The summed E-state index contributed by atoms with van der Waals surface area (Å²) in [5.74, 6) is 0. The Morgan fingerprint density at radius 1 is 0.914 bits per heavy atom. The zero-order valence-corrected chi connectivity index (χ0v) is 20.9. The lowest BCUT2D eigenvalue weighted by Crippen LogP contribution is -2.44. The first-order valence-corrected chi connectivity index (χ1v) is 12.9. The second-order valence-electron chi connectivity index (χ2n) is 9.86. The smallest absolute Gasteiger partial charge is 0.142 e. The van der Waals surface area contributed by atoms with Crippen LogP contribution < -0.4 is 4.90 Å². The van der Waals surface area contributed by atoms with E-state index in [-0.39, 0.29) is 6.61 Å². The number of aliphatic hydroxyl groups is 1. The fraction of sp³-hybridized carbons (Fsp3) is 0.345. The van der Waals surface area contributed by atoms with Crippen molar-refractivity contribution < 1.29 is 5.11 Å². The van der Waals surface area contributed by atoms with Gasteiger partial charge in [-0.3, -0.25) is 0 Å². The molecule has 6 rings (SSSR count). The van der Waals surface area contributed by atoms with E-state index in [9.17, 15) is 5.11 Å². The second-order valence-corrected chi connectivity index (χ2v) is 10.3. The SMILES string of the molecule is CN1CCN(c2ccc(-c3c(-c4ccc(CO)cc4)c4c(Cl)ccnc4n3C3CCC3)cc2)CC1. The fourth-order valence-electron chi connectivity index (χ4n) is 5.42. The Labute approximate surface area is 211 Å². The Morgan fingerprint density at radius 2 is 1.60 bits per heavy atom. The number of pyridine rings is 1. The van der Waals surface area contributed by atoms with Gasteiger partial charge in [0.1, 0.15) is 5.65 Å². The molecule has 5 nitrogen and oxygen atoms in total. The van der Waals surface area contributed by atoms with Gasteiger partial charge in [-0.15, -0.1) is 0 Å². The molecule has 0 atom stereocenters. The molecule has 35 heavy (non-hydrogen) atoms. The average Bonchev–Trinajstić information content (AvgIpc) is 3.20. The molecule has 0 amide bonds. The number of likely N-dealkylation sites (N-methyl/N-ethyl adjacent to an activating group) is 1. The van der Waals surface area contributed by atoms with Crippen molar-refractivity contribution in [2.24, 2.45) is 0 Å². The van der Waals surface area contributed by atoms with Crippen molar-refractivity contribution in [3.63, 3.8) is 0 Å². The number of rotatable bonds is 5. The molecule has 2 aliphatic rings. The predicted octanol–water partition coefficient (Wildman–Crippen LogP) is 5.99. The quantitative estimate of drug-likeness (QED) is 0.376. The summed E-state index contributed by atoms with van der Waals surface area (Å²) in [5, 5.41) is 11.3. The van der Waals surface area contributed by atoms with Gasteiger partial charge in [0, 0.05) is 55.1 Å². The molecule has 3 heterocycles. The average molecular weight is 487 g/mol. The minimum atomic E-state index is 0.0348. The summed E-state index contributed by atoms with van der Waals surface area (Å²) in [4.78, 5) is 9.69. The first-order chi connectivity index (χ1) is 17.1. The minimum absolute atomic E-state index is 0.0348. The van der Waals surface area contributed by atoms with E-state index in [0.717, 1.165) is 71.8 Å². The first-order valence-electron chi connectivity index (χ1n) is 12.6. The van der Waals surface area contributed by atoms with Crippen molar-refractivity contribution in [2.45, 2.75) is 31.9 Å². The number of piperazine rings is 1. The maximum atomic E-state index is 9.57. The zero-order chi connectivity index (χ0) is 23.9. The van der Waals surface area contributed by atoms with Crippen LogP contribution in [0.2, 0.25) is 5.02 Å². The number of fused-ring (bicyclic) bond motifs is 1. The van der Waals surface area contributed by atoms with E-state index >= 15 is 0 Å². The molecule has 0 spiro atoms. The molecule has 2 aromatic heterocycles. The van der Waals surface area contributed by atoms with Gasteiger partial charge in [0.15, 0.2) is 0 Å². The summed E-state index contributed by atoms with van der Waals surface area (Å²) in [6.07, 6.45) is 5.38. The normalized spacial score (nSPS) is 17.2. The van der Waals surface area contributed by atoms with Crippen molar-refractivity contribution >= 4 is 28.3 Å². The van der Waals surface area contributed by atoms with Crippen molar-refractivity contribution in [2.75, 3.05) is 38.1 Å². The second kappa shape index (κ2) is 9.30. The fourth-order valence-corrected chi connectivity index (χ4v) is 5.66. The topological polar surface area (TPSA) is 44.5 Å². The highest BCUT2D eigenvalue weighted by Gasteiger charge is 2.30. The summed E-state index contributed by atoms with van der Waals surface area (Å²) < 4.78 is 2.44. The number of hydrogen-bond acceptors (Lipinski definition) is 4. The molecule has 1 aliphatic carbocycles. The van der Waals surface area contributed by atoms with Gasteiger partial charge in [0.05, 0.1) is 17.3 Å². The van der Waals surface area contributed by atoms with Gasteiger partial charge in [0.25, 0.3) is 0 Å². The minimum Gasteiger partial charge on any atom is -0.392 e. The van der Waals surface area contributed by atoms with E-state index in [4.69, 9.17) is 16.6 Å². The van der Waals surface area contributed by atoms with Gasteiger partial charge >= 0.3 is 0 Å². The Kier molecular flexibility index (Phi) is 6.01. The lowest BCUT2D eigenvalue weighted by molar-refractivity contribution is 0.282. The van der Waals surface area contributed by atoms with Crippen LogP contribution in [0, 0.1) is 0 Å². The van der Waals surface area contributed by atoms with E-state index in [1.165, 1.54) is 23.4 Å². The molecule has 1 saturated heterocycles. The van der Waals surface area contributed by atoms with E-state index < -0.39 is 0 Å². The third kappa shape index (κ3) is 4.02. The van der Waals surface area contributed by atoms with Crippen LogP contribution in [0.1, 0.15) is 30.9 Å². The van der Waals surface area contributed by atoms with Crippen LogP contribution >= 0.6 is 11.6 Å². The van der Waals surface area contributed by atoms with Crippen LogP contribution in [0.4, 0.5) is 5.69 Å². The van der Waals surface area contributed by atoms with Gasteiger partial charge < -0.3 is 19.5 Å². The molecule has 1 saturated carbocycles. The van der Waals surface area contributed by atoms with E-state index in [0.29, 0.717) is 6.04 Å². The summed E-state index contributed by atoms with van der Waals surface area (Å²) in [5.41, 5.74) is 7.73. The summed E-state index contributed by atoms with van der Waals surface area (Å²) in [6, 6.07) is 19.5. The van der Waals surface area contributed by atoms with Gasteiger partial charge in [-0.25, -0.2) is 4.98 Å². The van der Waals surface area contributed by atoms with Crippen LogP contribution in [0.5, 0.6) is 0 Å². The first kappa shape index (κ1) is 22.6. The summed E-state index contributed by atoms with van der Waals surface area (Å²) in [6.45, 7) is 4.33. The molecular formula is C29H31ClN4O. The molecule has 4 aromatic rings. The molecule has 0 bridgehead atoms. The molecule has 0 radical (unpaired) electrons. The van der Waals surface area contributed by atoms with Gasteiger partial charge in [-0.1, -0.05) is 48.0 Å². The standard InChI is InChI=1S/C29H31ClN4O/c1-32-15-17-33(18-16-32)23-11-9-22(10-12-23)28-26(21-7-5-20(19-35)6-8-21)27-25(30)13-14-31-29(27)34(28)24-3-2-4-24/h5-14,24,35H,2-4,15-19H2,1H3. The van der Waals surface area contributed by atoms with Crippen LogP contribution in [0.3, 0.4) is 0 Å².